The van der Waals surface area contributed by atoms with Gasteiger partial charge in [-0.25, -0.2) is 8.42 Å². The first-order chi connectivity index (χ1) is 14.3. The van der Waals surface area contributed by atoms with Gasteiger partial charge in [0.2, 0.25) is 9.84 Å². The number of rotatable bonds is 6. The lowest BCUT2D eigenvalue weighted by atomic mass is 9.83. The standard InChI is InChI=1S/C28H38O2S/c1-9-11-13-21-19-23(15-17-25(21)27(3,4)5)31(29,30)24-16-18-26(28(6,7)8)22(20-24)14-12-10-2/h11-20H,9-10H2,1-8H3/b13-11+,14-12+. The van der Waals surface area contributed by atoms with Gasteiger partial charge in [-0.2, -0.15) is 0 Å². The van der Waals surface area contributed by atoms with Crippen LogP contribution in [0.2, 0.25) is 0 Å². The van der Waals surface area contributed by atoms with Crippen LogP contribution in [0.15, 0.2) is 58.3 Å². The lowest BCUT2D eigenvalue weighted by Crippen LogP contribution is -2.15. The number of benzene rings is 2. The maximum Gasteiger partial charge on any atom is 0.206 e. The second-order valence-corrected chi connectivity index (χ2v) is 12.1. The van der Waals surface area contributed by atoms with Crippen LogP contribution >= 0.6 is 0 Å². The molecule has 2 aromatic carbocycles. The summed E-state index contributed by atoms with van der Waals surface area (Å²) in [6.07, 6.45) is 10.0. The van der Waals surface area contributed by atoms with Crippen LogP contribution < -0.4 is 0 Å². The van der Waals surface area contributed by atoms with Gasteiger partial charge >= 0.3 is 0 Å². The van der Waals surface area contributed by atoms with Crippen molar-refractivity contribution in [1.29, 1.82) is 0 Å². The van der Waals surface area contributed by atoms with E-state index in [0.29, 0.717) is 9.79 Å². The lowest BCUT2D eigenvalue weighted by molar-refractivity contribution is 0.583. The van der Waals surface area contributed by atoms with Crippen molar-refractivity contribution in [3.05, 3.63) is 70.8 Å². The molecule has 0 amide bonds. The van der Waals surface area contributed by atoms with Crippen molar-refractivity contribution in [2.45, 2.75) is 88.9 Å². The molecule has 2 rings (SSSR count). The summed E-state index contributed by atoms with van der Waals surface area (Å²) in [6, 6.07) is 11.1. The predicted octanol–water partition coefficient (Wildman–Crippen LogP) is 7.96. The molecule has 0 bridgehead atoms. The molecule has 2 nitrogen and oxygen atoms in total. The first-order valence-corrected chi connectivity index (χ1v) is 12.7. The Hall–Kier alpha value is -2.13. The van der Waals surface area contributed by atoms with Crippen LogP contribution in [0.25, 0.3) is 12.2 Å². The second-order valence-electron chi connectivity index (χ2n) is 10.1. The molecule has 168 valence electrons. The maximum absolute atomic E-state index is 13.6. The molecule has 0 aliphatic heterocycles. The van der Waals surface area contributed by atoms with E-state index in [1.165, 1.54) is 0 Å². The van der Waals surface area contributed by atoms with E-state index < -0.39 is 9.84 Å². The zero-order valence-corrected chi connectivity index (χ0v) is 21.2. The van der Waals surface area contributed by atoms with E-state index in [1.54, 1.807) is 12.1 Å². The summed E-state index contributed by atoms with van der Waals surface area (Å²) in [7, 11) is -3.63. The van der Waals surface area contributed by atoms with Gasteiger partial charge in [-0.1, -0.05) is 91.8 Å². The SMILES string of the molecule is CC/C=C/c1cc(S(=O)(=O)c2ccc(C(C)(C)C)c(/C=C/CC)c2)ccc1C(C)(C)C. The fraction of sp³-hybridized carbons (Fsp3) is 0.429. The highest BCUT2D eigenvalue weighted by Gasteiger charge is 2.24. The molecule has 0 unspecified atom stereocenters. The summed E-state index contributed by atoms with van der Waals surface area (Å²) in [5.41, 5.74) is 4.09. The number of hydrogen-bond acceptors (Lipinski definition) is 2. The monoisotopic (exact) mass is 438 g/mol. The van der Waals surface area contributed by atoms with E-state index >= 15 is 0 Å². The van der Waals surface area contributed by atoms with E-state index in [-0.39, 0.29) is 10.8 Å². The number of allylic oxidation sites excluding steroid dienone is 2. The summed E-state index contributed by atoms with van der Waals surface area (Å²) < 4.78 is 27.1. The molecule has 0 aliphatic carbocycles. The van der Waals surface area contributed by atoms with Gasteiger partial charge in [-0.05, 0) is 70.2 Å². The summed E-state index contributed by atoms with van der Waals surface area (Å²) in [5.74, 6) is 0. The first-order valence-electron chi connectivity index (χ1n) is 11.2. The van der Waals surface area contributed by atoms with E-state index in [0.717, 1.165) is 35.1 Å². The van der Waals surface area contributed by atoms with Gasteiger partial charge < -0.3 is 0 Å². The van der Waals surface area contributed by atoms with Crippen LogP contribution in [0.3, 0.4) is 0 Å². The Morgan fingerprint density at radius 1 is 0.677 bits per heavy atom. The van der Waals surface area contributed by atoms with Crippen LogP contribution in [-0.4, -0.2) is 8.42 Å². The summed E-state index contributed by atoms with van der Waals surface area (Å²) in [6.45, 7) is 17.1. The maximum atomic E-state index is 13.6. The Balaban J connectivity index is 2.67. The average molecular weight is 439 g/mol. The second kappa shape index (κ2) is 9.56. The van der Waals surface area contributed by atoms with Gasteiger partial charge in [-0.3, -0.25) is 0 Å². The van der Waals surface area contributed by atoms with Gasteiger partial charge in [0.15, 0.2) is 0 Å². The topological polar surface area (TPSA) is 34.1 Å². The Morgan fingerprint density at radius 3 is 1.32 bits per heavy atom. The summed E-state index contributed by atoms with van der Waals surface area (Å²) in [5, 5.41) is 0. The van der Waals surface area contributed by atoms with E-state index in [4.69, 9.17) is 0 Å². The molecule has 0 N–H and O–H groups in total. The summed E-state index contributed by atoms with van der Waals surface area (Å²) in [4.78, 5) is 0.676. The van der Waals surface area contributed by atoms with Gasteiger partial charge in [0, 0.05) is 0 Å². The Kier molecular flexibility index (Phi) is 7.75. The lowest BCUT2D eigenvalue weighted by Gasteiger charge is -2.23. The van der Waals surface area contributed by atoms with E-state index in [2.05, 4.69) is 67.5 Å². The first kappa shape index (κ1) is 25.1. The number of hydrogen-bond donors (Lipinski definition) is 0. The Bertz CT molecular complexity index is 991. The fourth-order valence-electron chi connectivity index (χ4n) is 3.68. The third-order valence-corrected chi connectivity index (χ3v) is 7.10. The van der Waals surface area contributed by atoms with Gasteiger partial charge in [0.25, 0.3) is 0 Å². The van der Waals surface area contributed by atoms with E-state index in [1.807, 2.05) is 36.4 Å². The third kappa shape index (κ3) is 5.98. The van der Waals surface area contributed by atoms with Gasteiger partial charge in [-0.15, -0.1) is 0 Å². The van der Waals surface area contributed by atoms with Crippen molar-refractivity contribution in [2.75, 3.05) is 0 Å². The van der Waals surface area contributed by atoms with Crippen LogP contribution in [0.1, 0.15) is 90.5 Å². The third-order valence-electron chi connectivity index (χ3n) is 5.35. The van der Waals surface area contributed by atoms with Crippen LogP contribution in [0.4, 0.5) is 0 Å². The van der Waals surface area contributed by atoms with E-state index in [9.17, 15) is 8.42 Å². The molecule has 0 spiro atoms. The average Bonchev–Trinajstić information content (AvgIpc) is 2.68. The molecule has 2 aromatic rings. The highest BCUT2D eigenvalue weighted by molar-refractivity contribution is 7.91. The van der Waals surface area contributed by atoms with Crippen molar-refractivity contribution < 1.29 is 8.42 Å². The molecule has 3 heteroatoms. The van der Waals surface area contributed by atoms with Gasteiger partial charge in [0.05, 0.1) is 9.79 Å². The molecule has 0 aliphatic rings. The molecule has 0 fully saturated rings. The quantitative estimate of drug-likeness (QED) is 0.458. The molecule has 0 saturated carbocycles. The largest absolute Gasteiger partial charge is 0.219 e. The Morgan fingerprint density at radius 2 is 1.03 bits per heavy atom. The summed E-state index contributed by atoms with van der Waals surface area (Å²) >= 11 is 0. The smallest absolute Gasteiger partial charge is 0.206 e. The molecule has 0 radical (unpaired) electrons. The molecule has 0 saturated heterocycles. The zero-order valence-electron chi connectivity index (χ0n) is 20.4. The normalized spacial score (nSPS) is 13.4. The van der Waals surface area contributed by atoms with Crippen molar-refractivity contribution in [1.82, 2.24) is 0 Å². The number of sulfone groups is 1. The highest BCUT2D eigenvalue weighted by atomic mass is 32.2. The van der Waals surface area contributed by atoms with Gasteiger partial charge in [0.1, 0.15) is 0 Å². The molecule has 31 heavy (non-hydrogen) atoms. The molecule has 0 heterocycles. The van der Waals surface area contributed by atoms with Crippen molar-refractivity contribution in [3.8, 4) is 0 Å². The fourth-order valence-corrected chi connectivity index (χ4v) is 5.01. The Labute approximate surface area is 190 Å². The van der Waals surface area contributed by atoms with Crippen LogP contribution in [0, 0.1) is 0 Å². The van der Waals surface area contributed by atoms with Crippen molar-refractivity contribution in [3.63, 3.8) is 0 Å². The molecular weight excluding hydrogens is 400 g/mol. The van der Waals surface area contributed by atoms with Crippen molar-refractivity contribution >= 4 is 22.0 Å². The zero-order chi connectivity index (χ0) is 23.4. The molecule has 0 aromatic heterocycles. The minimum absolute atomic E-state index is 0.0673. The minimum atomic E-state index is -3.63. The predicted molar refractivity (Wildman–Crippen MR) is 134 cm³/mol. The van der Waals surface area contributed by atoms with Crippen molar-refractivity contribution in [2.24, 2.45) is 0 Å². The molecule has 0 atom stereocenters. The van der Waals surface area contributed by atoms with Crippen LogP contribution in [-0.2, 0) is 20.7 Å². The highest BCUT2D eigenvalue weighted by Crippen LogP contribution is 2.33. The molecular formula is C28H38O2S. The minimum Gasteiger partial charge on any atom is -0.219 e. The van der Waals surface area contributed by atoms with Crippen LogP contribution in [0.5, 0.6) is 0 Å².